The van der Waals surface area contributed by atoms with E-state index in [1.807, 2.05) is 6.07 Å². The number of benzene rings is 2. The Morgan fingerprint density at radius 1 is 1.25 bits per heavy atom. The molecule has 2 aromatic rings. The highest BCUT2D eigenvalue weighted by Crippen LogP contribution is 2.50. The van der Waals surface area contributed by atoms with Gasteiger partial charge in [0.25, 0.3) is 0 Å². The van der Waals surface area contributed by atoms with Crippen LogP contribution in [-0.2, 0) is 18.4 Å². The molecule has 4 rings (SSSR count). The van der Waals surface area contributed by atoms with Crippen LogP contribution in [-0.4, -0.2) is 22.6 Å². The number of hydrogen-bond acceptors (Lipinski definition) is 2. The number of likely N-dealkylation sites (tertiary alicyclic amines) is 1. The molecule has 0 spiro atoms. The van der Waals surface area contributed by atoms with Crippen LogP contribution in [0.1, 0.15) is 37.0 Å². The number of halogens is 1. The smallest absolute Gasteiger partial charge is 0.129 e. The first-order valence-corrected chi connectivity index (χ1v) is 9.87. The molecule has 0 amide bonds. The fraction of sp³-hybridized carbons (Fsp3) is 0.429. The van der Waals surface area contributed by atoms with E-state index in [9.17, 15) is 5.11 Å². The number of fused-ring (bicyclic) bond motifs is 4. The first kappa shape index (κ1) is 16.4. The highest BCUT2D eigenvalue weighted by molar-refractivity contribution is 14.1. The second-order valence-corrected chi connectivity index (χ2v) is 8.81. The van der Waals surface area contributed by atoms with Crippen molar-refractivity contribution in [2.24, 2.45) is 5.92 Å². The lowest BCUT2D eigenvalue weighted by molar-refractivity contribution is 0.0257. The summed E-state index contributed by atoms with van der Waals surface area (Å²) < 4.78 is 0.970. The predicted molar refractivity (Wildman–Crippen MR) is 106 cm³/mol. The minimum Gasteiger partial charge on any atom is -0.507 e. The van der Waals surface area contributed by atoms with Crippen LogP contribution in [0.2, 0.25) is 0 Å². The predicted octanol–water partition coefficient (Wildman–Crippen LogP) is 4.72. The van der Waals surface area contributed by atoms with Crippen molar-refractivity contribution in [1.82, 2.24) is 4.90 Å². The molecular weight excluding hydrogens is 409 g/mol. The third kappa shape index (κ3) is 2.57. The minimum absolute atomic E-state index is 0.174. The molecule has 1 heterocycles. The number of phenols is 1. The molecule has 2 nitrogen and oxygen atoms in total. The first-order chi connectivity index (χ1) is 11.5. The molecule has 1 aliphatic carbocycles. The minimum atomic E-state index is 0.174. The van der Waals surface area contributed by atoms with Gasteiger partial charge in [0.2, 0.25) is 0 Å². The summed E-state index contributed by atoms with van der Waals surface area (Å²) in [5.74, 6) is 1.04. The number of aromatic hydroxyl groups is 1. The zero-order valence-electron chi connectivity index (χ0n) is 14.3. The van der Waals surface area contributed by atoms with Gasteiger partial charge in [-0.15, -0.1) is 0 Å². The summed E-state index contributed by atoms with van der Waals surface area (Å²) in [5.41, 5.74) is 4.39. The lowest BCUT2D eigenvalue weighted by atomic mass is 9.59. The van der Waals surface area contributed by atoms with Crippen molar-refractivity contribution in [3.05, 3.63) is 62.7 Å². The zero-order valence-corrected chi connectivity index (χ0v) is 16.5. The van der Waals surface area contributed by atoms with Gasteiger partial charge in [0.15, 0.2) is 0 Å². The van der Waals surface area contributed by atoms with Crippen LogP contribution in [0, 0.1) is 9.49 Å². The van der Waals surface area contributed by atoms with Gasteiger partial charge in [0, 0.05) is 12.6 Å². The summed E-state index contributed by atoms with van der Waals surface area (Å²) in [7, 11) is 0. The molecule has 0 aromatic heterocycles. The van der Waals surface area contributed by atoms with E-state index in [2.05, 4.69) is 77.7 Å². The van der Waals surface area contributed by atoms with Crippen LogP contribution in [0.4, 0.5) is 0 Å². The highest BCUT2D eigenvalue weighted by atomic mass is 127. The number of hydrogen-bond donors (Lipinski definition) is 1. The van der Waals surface area contributed by atoms with Crippen molar-refractivity contribution in [2.75, 3.05) is 6.54 Å². The quantitative estimate of drug-likeness (QED) is 0.693. The molecule has 1 fully saturated rings. The summed E-state index contributed by atoms with van der Waals surface area (Å²) in [6, 6.07) is 15.6. The third-order valence-electron chi connectivity index (χ3n) is 6.42. The first-order valence-electron chi connectivity index (χ1n) is 8.79. The van der Waals surface area contributed by atoms with Crippen molar-refractivity contribution >= 4 is 22.6 Å². The van der Waals surface area contributed by atoms with E-state index in [-0.39, 0.29) is 5.41 Å². The Morgan fingerprint density at radius 2 is 2.00 bits per heavy atom. The average molecular weight is 433 g/mol. The third-order valence-corrected chi connectivity index (χ3v) is 7.28. The summed E-state index contributed by atoms with van der Waals surface area (Å²) in [6.07, 6.45) is 2.25. The van der Waals surface area contributed by atoms with Crippen LogP contribution in [0.15, 0.2) is 42.5 Å². The second kappa shape index (κ2) is 6.03. The number of nitrogens with zero attached hydrogens (tertiary/aromatic N) is 1. The van der Waals surface area contributed by atoms with E-state index in [0.717, 1.165) is 29.5 Å². The fourth-order valence-electron chi connectivity index (χ4n) is 4.74. The molecule has 2 bridgehead atoms. The largest absolute Gasteiger partial charge is 0.507 e. The molecule has 0 saturated carbocycles. The Kier molecular flexibility index (Phi) is 4.12. The molecule has 126 valence electrons. The van der Waals surface area contributed by atoms with Crippen LogP contribution in [0.5, 0.6) is 5.75 Å². The Morgan fingerprint density at radius 3 is 2.75 bits per heavy atom. The Bertz CT molecular complexity index is 760. The standard InChI is InChI=1S/C21H24INO/c1-14-19-11-16-10-18(22)20(24)12-17(16)21(14,2)8-9-23(19)13-15-6-4-3-5-7-15/h3-7,10,12,14,19,24H,8-9,11,13H2,1-2H3/t14-,19+,21+/m1/s1. The maximum Gasteiger partial charge on any atom is 0.129 e. The van der Waals surface area contributed by atoms with Crippen molar-refractivity contribution in [3.63, 3.8) is 0 Å². The van der Waals surface area contributed by atoms with E-state index in [1.165, 1.54) is 16.7 Å². The molecule has 24 heavy (non-hydrogen) atoms. The van der Waals surface area contributed by atoms with Gasteiger partial charge in [-0.25, -0.2) is 0 Å². The van der Waals surface area contributed by atoms with Crippen molar-refractivity contribution in [1.29, 1.82) is 0 Å². The van der Waals surface area contributed by atoms with E-state index < -0.39 is 0 Å². The monoisotopic (exact) mass is 433 g/mol. The Balaban J connectivity index is 1.69. The van der Waals surface area contributed by atoms with Crippen LogP contribution >= 0.6 is 22.6 Å². The van der Waals surface area contributed by atoms with Crippen LogP contribution in [0.3, 0.4) is 0 Å². The van der Waals surface area contributed by atoms with Gasteiger partial charge >= 0.3 is 0 Å². The average Bonchev–Trinajstić information content (AvgIpc) is 2.57. The van der Waals surface area contributed by atoms with Gasteiger partial charge in [-0.1, -0.05) is 44.2 Å². The van der Waals surface area contributed by atoms with E-state index in [1.54, 1.807) is 0 Å². The van der Waals surface area contributed by atoms with Gasteiger partial charge in [0.05, 0.1) is 3.57 Å². The molecule has 2 aliphatic rings. The molecule has 1 saturated heterocycles. The summed E-state index contributed by atoms with van der Waals surface area (Å²) in [5, 5.41) is 10.2. The van der Waals surface area contributed by atoms with E-state index >= 15 is 0 Å². The normalized spacial score (nSPS) is 29.3. The van der Waals surface area contributed by atoms with Crippen LogP contribution in [0.25, 0.3) is 0 Å². The molecule has 0 unspecified atom stereocenters. The highest BCUT2D eigenvalue weighted by Gasteiger charge is 2.48. The second-order valence-electron chi connectivity index (χ2n) is 7.64. The van der Waals surface area contributed by atoms with Gasteiger partial charge in [-0.05, 0) is 82.1 Å². The van der Waals surface area contributed by atoms with Crippen molar-refractivity contribution in [3.8, 4) is 5.75 Å². The molecule has 1 aliphatic heterocycles. The van der Waals surface area contributed by atoms with Gasteiger partial charge in [-0.2, -0.15) is 0 Å². The molecule has 1 N–H and O–H groups in total. The maximum absolute atomic E-state index is 10.2. The number of rotatable bonds is 2. The van der Waals surface area contributed by atoms with Gasteiger partial charge in [-0.3, -0.25) is 4.90 Å². The molecule has 0 radical (unpaired) electrons. The zero-order chi connectivity index (χ0) is 16.9. The Hall–Kier alpha value is -1.07. The summed E-state index contributed by atoms with van der Waals surface area (Å²) in [6.45, 7) is 6.97. The van der Waals surface area contributed by atoms with Crippen molar-refractivity contribution < 1.29 is 5.11 Å². The van der Waals surface area contributed by atoms with Crippen LogP contribution < -0.4 is 0 Å². The topological polar surface area (TPSA) is 23.5 Å². The van der Waals surface area contributed by atoms with E-state index in [0.29, 0.717) is 17.7 Å². The Labute approximate surface area is 158 Å². The summed E-state index contributed by atoms with van der Waals surface area (Å²) >= 11 is 2.24. The van der Waals surface area contributed by atoms with Crippen molar-refractivity contribution in [2.45, 2.75) is 44.7 Å². The molecule has 2 aromatic carbocycles. The molecule has 3 atom stereocenters. The SMILES string of the molecule is C[C@@H]1[C@@H]2Cc3cc(I)c(O)cc3[C@@]1(C)CCN2Cc1ccccc1. The van der Waals surface area contributed by atoms with Gasteiger partial charge in [0.1, 0.15) is 5.75 Å². The molecular formula is C21H24INO. The maximum atomic E-state index is 10.2. The van der Waals surface area contributed by atoms with Gasteiger partial charge < -0.3 is 5.11 Å². The van der Waals surface area contributed by atoms with E-state index in [4.69, 9.17) is 0 Å². The summed E-state index contributed by atoms with van der Waals surface area (Å²) in [4.78, 5) is 2.67. The lowest BCUT2D eigenvalue weighted by Gasteiger charge is -2.54. The molecule has 3 heteroatoms. The number of piperidine rings is 1. The fourth-order valence-corrected chi connectivity index (χ4v) is 5.27. The number of phenolic OH excluding ortho intramolecular Hbond substituents is 1. The lowest BCUT2D eigenvalue weighted by Crippen LogP contribution is -2.57.